The number of amides is 1. The fourth-order valence-corrected chi connectivity index (χ4v) is 2.89. The molecule has 2 rings (SSSR count). The number of nitrogens with one attached hydrogen (secondary N) is 1. The zero-order chi connectivity index (χ0) is 19.4. The van der Waals surface area contributed by atoms with Crippen LogP contribution in [-0.2, 0) is 14.3 Å². The summed E-state index contributed by atoms with van der Waals surface area (Å²) in [5, 5.41) is 11.7. The number of alkyl halides is 3. The number of methoxy groups -OCH3 is 1. The summed E-state index contributed by atoms with van der Waals surface area (Å²) >= 11 is 0. The third-order valence-corrected chi connectivity index (χ3v) is 4.41. The highest BCUT2D eigenvalue weighted by Gasteiger charge is 2.39. The van der Waals surface area contributed by atoms with Crippen molar-refractivity contribution >= 4 is 11.9 Å². The second-order valence-corrected chi connectivity index (χ2v) is 6.25. The molecule has 1 saturated carbocycles. The first kappa shape index (κ1) is 20.0. The number of ether oxygens (including phenoxy) is 2. The summed E-state index contributed by atoms with van der Waals surface area (Å²) in [5.74, 6) is -1.93. The van der Waals surface area contributed by atoms with Gasteiger partial charge >= 0.3 is 12.3 Å². The van der Waals surface area contributed by atoms with E-state index in [1.54, 1.807) is 0 Å². The summed E-state index contributed by atoms with van der Waals surface area (Å²) in [6, 6.07) is 3.88. The fourth-order valence-electron chi connectivity index (χ4n) is 2.89. The average molecular weight is 375 g/mol. The van der Waals surface area contributed by atoms with Crippen LogP contribution in [0.4, 0.5) is 13.2 Å². The van der Waals surface area contributed by atoms with Gasteiger partial charge in [0.15, 0.2) is 0 Å². The van der Waals surface area contributed by atoms with E-state index in [1.807, 2.05) is 0 Å². The summed E-state index contributed by atoms with van der Waals surface area (Å²) in [5.41, 5.74) is -0.141. The highest BCUT2D eigenvalue weighted by atomic mass is 19.4. The molecule has 1 atom stereocenters. The molecule has 1 fully saturated rings. The molecule has 9 heteroatoms. The van der Waals surface area contributed by atoms with Crippen molar-refractivity contribution in [1.29, 1.82) is 0 Å². The SMILES string of the molecule is COC1(CC(=O)NC(CC(=O)O)c2ccc(OC(F)(F)F)cc2)CCC1. The lowest BCUT2D eigenvalue weighted by atomic mass is 9.77. The zero-order valence-corrected chi connectivity index (χ0v) is 14.1. The van der Waals surface area contributed by atoms with Gasteiger partial charge in [-0.05, 0) is 37.0 Å². The van der Waals surface area contributed by atoms with Crippen LogP contribution in [-0.4, -0.2) is 36.1 Å². The molecule has 0 aromatic heterocycles. The number of benzene rings is 1. The van der Waals surface area contributed by atoms with Crippen molar-refractivity contribution in [2.45, 2.75) is 50.1 Å². The van der Waals surface area contributed by atoms with E-state index in [9.17, 15) is 22.8 Å². The molecule has 1 aromatic rings. The largest absolute Gasteiger partial charge is 0.573 e. The standard InChI is InChI=1S/C17H20F3NO5/c1-25-16(7-2-8-16)10-14(22)21-13(9-15(23)24)11-3-5-12(6-4-11)26-17(18,19)20/h3-6,13H,2,7-10H2,1H3,(H,21,22)(H,23,24). The Labute approximate surface area is 148 Å². The lowest BCUT2D eigenvalue weighted by Gasteiger charge is -2.40. The van der Waals surface area contributed by atoms with Gasteiger partial charge in [-0.2, -0.15) is 0 Å². The second-order valence-electron chi connectivity index (χ2n) is 6.25. The molecule has 1 aromatic carbocycles. The van der Waals surface area contributed by atoms with Crippen LogP contribution in [0.2, 0.25) is 0 Å². The Bertz CT molecular complexity index is 635. The van der Waals surface area contributed by atoms with E-state index in [0.29, 0.717) is 5.56 Å². The van der Waals surface area contributed by atoms with E-state index in [-0.39, 0.29) is 12.3 Å². The summed E-state index contributed by atoms with van der Waals surface area (Å²) in [7, 11) is 1.53. The first-order valence-electron chi connectivity index (χ1n) is 8.04. The van der Waals surface area contributed by atoms with Crippen LogP contribution in [0.3, 0.4) is 0 Å². The number of halogens is 3. The van der Waals surface area contributed by atoms with Gasteiger partial charge in [0.2, 0.25) is 5.91 Å². The molecule has 1 amide bonds. The Morgan fingerprint density at radius 3 is 2.31 bits per heavy atom. The maximum atomic E-state index is 12.3. The summed E-state index contributed by atoms with van der Waals surface area (Å²) < 4.78 is 45.8. The van der Waals surface area contributed by atoms with E-state index in [0.717, 1.165) is 31.4 Å². The maximum absolute atomic E-state index is 12.3. The Hall–Kier alpha value is -2.29. The van der Waals surface area contributed by atoms with Crippen LogP contribution in [0, 0.1) is 0 Å². The van der Waals surface area contributed by atoms with Gasteiger partial charge in [0.05, 0.1) is 24.5 Å². The number of hydrogen-bond donors (Lipinski definition) is 2. The first-order valence-corrected chi connectivity index (χ1v) is 8.04. The Kier molecular flexibility index (Phi) is 6.12. The Balaban J connectivity index is 2.06. The third-order valence-electron chi connectivity index (χ3n) is 4.41. The van der Waals surface area contributed by atoms with Crippen LogP contribution in [0.1, 0.15) is 43.7 Å². The first-order chi connectivity index (χ1) is 12.1. The van der Waals surface area contributed by atoms with Crippen molar-refractivity contribution in [3.05, 3.63) is 29.8 Å². The van der Waals surface area contributed by atoms with Gasteiger partial charge in [0, 0.05) is 7.11 Å². The Morgan fingerprint density at radius 2 is 1.88 bits per heavy atom. The number of rotatable bonds is 8. The third kappa shape index (κ3) is 5.62. The molecule has 0 aliphatic heterocycles. The van der Waals surface area contributed by atoms with Crippen LogP contribution in [0.5, 0.6) is 5.75 Å². The van der Waals surface area contributed by atoms with Crippen LogP contribution in [0.15, 0.2) is 24.3 Å². The van der Waals surface area contributed by atoms with Gasteiger partial charge in [-0.1, -0.05) is 12.1 Å². The molecular formula is C17H20F3NO5. The second kappa shape index (κ2) is 7.94. The summed E-state index contributed by atoms with van der Waals surface area (Å²) in [4.78, 5) is 23.4. The predicted molar refractivity (Wildman–Crippen MR) is 84.5 cm³/mol. The minimum atomic E-state index is -4.81. The molecule has 0 heterocycles. The molecule has 1 unspecified atom stereocenters. The quantitative estimate of drug-likeness (QED) is 0.729. The van der Waals surface area contributed by atoms with E-state index in [2.05, 4.69) is 10.1 Å². The molecule has 0 bridgehead atoms. The number of hydrogen-bond acceptors (Lipinski definition) is 4. The van der Waals surface area contributed by atoms with Crippen molar-refractivity contribution in [3.8, 4) is 5.75 Å². The van der Waals surface area contributed by atoms with Crippen LogP contribution < -0.4 is 10.1 Å². The summed E-state index contributed by atoms with van der Waals surface area (Å²) in [6.45, 7) is 0. The van der Waals surface area contributed by atoms with Crippen molar-refractivity contribution in [1.82, 2.24) is 5.32 Å². The fraction of sp³-hybridized carbons (Fsp3) is 0.529. The monoisotopic (exact) mass is 375 g/mol. The Morgan fingerprint density at radius 1 is 1.27 bits per heavy atom. The maximum Gasteiger partial charge on any atom is 0.573 e. The van der Waals surface area contributed by atoms with Crippen LogP contribution in [0.25, 0.3) is 0 Å². The normalized spacial score (nSPS) is 17.1. The van der Waals surface area contributed by atoms with Gasteiger partial charge in [-0.15, -0.1) is 13.2 Å². The topological polar surface area (TPSA) is 84.9 Å². The highest BCUT2D eigenvalue weighted by Crippen LogP contribution is 2.38. The zero-order valence-electron chi connectivity index (χ0n) is 14.1. The van der Waals surface area contributed by atoms with Gasteiger partial charge in [0.1, 0.15) is 5.75 Å². The number of carboxylic acids is 1. The molecule has 26 heavy (non-hydrogen) atoms. The number of aliphatic carboxylic acids is 1. The molecule has 1 aliphatic carbocycles. The lowest BCUT2D eigenvalue weighted by Crippen LogP contribution is -2.44. The molecule has 1 aliphatic rings. The minimum Gasteiger partial charge on any atom is -0.481 e. The number of carbonyl (C=O) groups is 2. The molecule has 0 radical (unpaired) electrons. The smallest absolute Gasteiger partial charge is 0.481 e. The van der Waals surface area contributed by atoms with E-state index in [4.69, 9.17) is 9.84 Å². The number of carboxylic acid groups (broad SMARTS) is 1. The lowest BCUT2D eigenvalue weighted by molar-refractivity contribution is -0.274. The average Bonchev–Trinajstić information content (AvgIpc) is 2.49. The van der Waals surface area contributed by atoms with Crippen molar-refractivity contribution in [2.24, 2.45) is 0 Å². The molecule has 0 saturated heterocycles. The van der Waals surface area contributed by atoms with Gasteiger partial charge in [-0.3, -0.25) is 9.59 Å². The van der Waals surface area contributed by atoms with Gasteiger partial charge < -0.3 is 19.9 Å². The highest BCUT2D eigenvalue weighted by molar-refractivity contribution is 5.79. The molecule has 144 valence electrons. The summed E-state index contributed by atoms with van der Waals surface area (Å²) in [6.07, 6.45) is -2.64. The van der Waals surface area contributed by atoms with Crippen LogP contribution >= 0.6 is 0 Å². The van der Waals surface area contributed by atoms with E-state index >= 15 is 0 Å². The van der Waals surface area contributed by atoms with Crippen molar-refractivity contribution < 1.29 is 37.3 Å². The van der Waals surface area contributed by atoms with Crippen molar-refractivity contribution in [2.75, 3.05) is 7.11 Å². The molecule has 2 N–H and O–H groups in total. The minimum absolute atomic E-state index is 0.106. The number of carbonyl (C=O) groups excluding carboxylic acids is 1. The van der Waals surface area contributed by atoms with Gasteiger partial charge in [-0.25, -0.2) is 0 Å². The molecule has 6 nitrogen and oxygen atoms in total. The van der Waals surface area contributed by atoms with E-state index < -0.39 is 36.1 Å². The molecule has 0 spiro atoms. The molecular weight excluding hydrogens is 355 g/mol. The predicted octanol–water partition coefficient (Wildman–Crippen LogP) is 3.18. The van der Waals surface area contributed by atoms with E-state index in [1.165, 1.54) is 19.2 Å². The van der Waals surface area contributed by atoms with Gasteiger partial charge in [0.25, 0.3) is 0 Å². The van der Waals surface area contributed by atoms with Crippen molar-refractivity contribution in [3.63, 3.8) is 0 Å².